The van der Waals surface area contributed by atoms with Crippen LogP contribution in [0.4, 0.5) is 0 Å². The molecular formula is C21H31N5O4S. The summed E-state index contributed by atoms with van der Waals surface area (Å²) in [6, 6.07) is 3.37. The van der Waals surface area contributed by atoms with Crippen LogP contribution in [0.5, 0.6) is 0 Å². The van der Waals surface area contributed by atoms with Crippen LogP contribution in [-0.2, 0) is 20.0 Å². The van der Waals surface area contributed by atoms with Crippen LogP contribution in [0.25, 0.3) is 5.65 Å². The number of hydrogen-bond acceptors (Lipinski definition) is 6. The Labute approximate surface area is 182 Å². The number of H-pyrrole nitrogens is 1. The zero-order valence-electron chi connectivity index (χ0n) is 18.6. The van der Waals surface area contributed by atoms with Crippen molar-refractivity contribution in [2.75, 3.05) is 38.2 Å². The van der Waals surface area contributed by atoms with Crippen LogP contribution in [0.1, 0.15) is 50.9 Å². The van der Waals surface area contributed by atoms with Gasteiger partial charge in [-0.15, -0.1) is 0 Å². The number of likely N-dealkylation sites (tertiary alicyclic amines) is 1. The van der Waals surface area contributed by atoms with E-state index in [0.29, 0.717) is 25.2 Å². The lowest BCUT2D eigenvalue weighted by molar-refractivity contribution is -0.131. The van der Waals surface area contributed by atoms with Crippen LogP contribution < -0.4 is 5.56 Å². The predicted octanol–water partition coefficient (Wildman–Crippen LogP) is 0.755. The van der Waals surface area contributed by atoms with Crippen LogP contribution in [0.3, 0.4) is 0 Å². The Morgan fingerprint density at radius 2 is 2.03 bits per heavy atom. The lowest BCUT2D eigenvalue weighted by Crippen LogP contribution is -2.42. The van der Waals surface area contributed by atoms with Crippen molar-refractivity contribution >= 4 is 21.4 Å². The zero-order chi connectivity index (χ0) is 22.6. The van der Waals surface area contributed by atoms with Crippen LogP contribution in [0.2, 0.25) is 0 Å². The second-order valence-electron chi connectivity index (χ2n) is 9.93. The summed E-state index contributed by atoms with van der Waals surface area (Å²) in [5, 5.41) is 3.13. The highest BCUT2D eigenvalue weighted by molar-refractivity contribution is 7.91. The molecule has 2 fully saturated rings. The fourth-order valence-electron chi connectivity index (χ4n) is 4.40. The highest BCUT2D eigenvalue weighted by Crippen LogP contribution is 2.27. The fourth-order valence-corrected chi connectivity index (χ4v) is 6.20. The van der Waals surface area contributed by atoms with E-state index < -0.39 is 9.84 Å². The Hall–Kier alpha value is -2.20. The number of likely N-dealkylation sites (N-methyl/N-ethyl adjacent to an activating group) is 1. The molecule has 170 valence electrons. The molecule has 0 bridgehead atoms. The molecule has 2 aliphatic rings. The molecule has 2 saturated heterocycles. The molecule has 2 aliphatic heterocycles. The highest BCUT2D eigenvalue weighted by atomic mass is 32.2. The number of sulfone groups is 1. The summed E-state index contributed by atoms with van der Waals surface area (Å²) in [7, 11) is -1.17. The average Bonchev–Trinajstić information content (AvgIpc) is 3.38. The highest BCUT2D eigenvalue weighted by Gasteiger charge is 2.34. The number of fused-ring (bicyclic) bond motifs is 1. The zero-order valence-corrected chi connectivity index (χ0v) is 19.4. The first kappa shape index (κ1) is 22.0. The molecule has 0 aliphatic carbocycles. The molecule has 10 heteroatoms. The number of nitrogens with zero attached hydrogens (tertiary/aromatic N) is 4. The van der Waals surface area contributed by atoms with Gasteiger partial charge in [0.25, 0.3) is 5.56 Å². The summed E-state index contributed by atoms with van der Waals surface area (Å²) in [6.45, 7) is 7.55. The minimum atomic E-state index is -2.98. The minimum Gasteiger partial charge on any atom is -0.341 e. The summed E-state index contributed by atoms with van der Waals surface area (Å²) in [4.78, 5) is 33.8. The first-order valence-electron chi connectivity index (χ1n) is 10.7. The van der Waals surface area contributed by atoms with E-state index in [4.69, 9.17) is 4.98 Å². The van der Waals surface area contributed by atoms with Gasteiger partial charge < -0.3 is 4.90 Å². The monoisotopic (exact) mass is 449 g/mol. The Kier molecular flexibility index (Phi) is 5.49. The molecule has 9 nitrogen and oxygen atoms in total. The van der Waals surface area contributed by atoms with E-state index in [-0.39, 0.29) is 46.9 Å². The molecule has 0 saturated carbocycles. The minimum absolute atomic E-state index is 0.0104. The van der Waals surface area contributed by atoms with Gasteiger partial charge in [0.15, 0.2) is 15.5 Å². The molecule has 1 N–H and O–H groups in total. The van der Waals surface area contributed by atoms with Crippen molar-refractivity contribution in [3.8, 4) is 0 Å². The van der Waals surface area contributed by atoms with Crippen molar-refractivity contribution in [1.29, 1.82) is 0 Å². The average molecular weight is 450 g/mol. The van der Waals surface area contributed by atoms with Gasteiger partial charge in [0.2, 0.25) is 5.91 Å². The van der Waals surface area contributed by atoms with Gasteiger partial charge in [-0.1, -0.05) is 20.8 Å². The van der Waals surface area contributed by atoms with Crippen molar-refractivity contribution in [3.05, 3.63) is 33.9 Å². The number of rotatable bonds is 4. The number of aromatic amines is 1. The third-order valence-electron chi connectivity index (χ3n) is 6.45. The molecule has 4 heterocycles. The Bertz CT molecular complexity index is 1160. The summed E-state index contributed by atoms with van der Waals surface area (Å²) in [6.07, 6.45) is 1.34. The molecular weight excluding hydrogens is 418 g/mol. The predicted molar refractivity (Wildman–Crippen MR) is 118 cm³/mol. The maximum Gasteiger partial charge on any atom is 0.272 e. The van der Waals surface area contributed by atoms with E-state index >= 15 is 0 Å². The summed E-state index contributed by atoms with van der Waals surface area (Å²) < 4.78 is 24.9. The maximum atomic E-state index is 12.8. The van der Waals surface area contributed by atoms with E-state index in [0.717, 1.165) is 17.8 Å². The standard InChI is InChI=1S/C21H31N5O4S/c1-21(2,3)17-10-18-22-16(9-19(27)26(18)23-17)14-5-7-25(11-14)20(28)12-24(4)15-6-8-31(29,30)13-15/h9-10,14-15,23H,5-8,11-13H2,1-4H3/t14-,15+/m0/s1. The van der Waals surface area contributed by atoms with Gasteiger partial charge in [0.05, 0.1) is 23.7 Å². The quantitative estimate of drug-likeness (QED) is 0.738. The van der Waals surface area contributed by atoms with Crippen LogP contribution >= 0.6 is 0 Å². The fraction of sp³-hybridized carbons (Fsp3) is 0.667. The van der Waals surface area contributed by atoms with Gasteiger partial charge in [0.1, 0.15) is 0 Å². The van der Waals surface area contributed by atoms with Gasteiger partial charge in [-0.3, -0.25) is 19.6 Å². The normalized spacial score (nSPS) is 23.8. The van der Waals surface area contributed by atoms with Crippen molar-refractivity contribution < 1.29 is 13.2 Å². The SMILES string of the molecule is CN(CC(=O)N1CC[C@H](c2cc(=O)n3[nH]c(C(C)(C)C)cc3n2)C1)[C@@H]1CCS(=O)(=O)C1. The van der Waals surface area contributed by atoms with Crippen molar-refractivity contribution in [1.82, 2.24) is 24.4 Å². The van der Waals surface area contributed by atoms with Crippen molar-refractivity contribution in [2.45, 2.75) is 51.0 Å². The van der Waals surface area contributed by atoms with E-state index in [2.05, 4.69) is 25.9 Å². The molecule has 2 atom stereocenters. The molecule has 0 radical (unpaired) electrons. The number of carbonyl (C=O) groups is 1. The number of aromatic nitrogens is 3. The van der Waals surface area contributed by atoms with E-state index in [1.54, 1.807) is 11.0 Å². The lowest BCUT2D eigenvalue weighted by atomic mass is 9.93. The summed E-state index contributed by atoms with van der Waals surface area (Å²) in [5.41, 5.74) is 1.98. The molecule has 0 spiro atoms. The number of carbonyl (C=O) groups excluding carboxylic acids is 1. The largest absolute Gasteiger partial charge is 0.341 e. The van der Waals surface area contributed by atoms with Crippen LogP contribution in [0, 0.1) is 0 Å². The number of amides is 1. The van der Waals surface area contributed by atoms with Gasteiger partial charge in [-0.05, 0) is 19.9 Å². The first-order chi connectivity index (χ1) is 14.4. The van der Waals surface area contributed by atoms with Crippen molar-refractivity contribution in [2.24, 2.45) is 0 Å². The van der Waals surface area contributed by atoms with Crippen LogP contribution in [-0.4, -0.2) is 83.0 Å². The van der Waals surface area contributed by atoms with E-state index in [9.17, 15) is 18.0 Å². The second kappa shape index (κ2) is 7.74. The Morgan fingerprint density at radius 1 is 1.29 bits per heavy atom. The van der Waals surface area contributed by atoms with Gasteiger partial charge in [-0.2, -0.15) is 0 Å². The first-order valence-corrected chi connectivity index (χ1v) is 12.6. The number of nitrogens with one attached hydrogen (secondary N) is 1. The molecule has 0 aromatic carbocycles. The van der Waals surface area contributed by atoms with Crippen molar-refractivity contribution in [3.63, 3.8) is 0 Å². The van der Waals surface area contributed by atoms with Gasteiger partial charge in [0, 0.05) is 48.3 Å². The second-order valence-corrected chi connectivity index (χ2v) is 12.2. The summed E-state index contributed by atoms with van der Waals surface area (Å²) in [5.74, 6) is 0.331. The molecule has 0 unspecified atom stereocenters. The molecule has 2 aromatic rings. The molecule has 1 amide bonds. The maximum absolute atomic E-state index is 12.8. The van der Waals surface area contributed by atoms with E-state index in [1.165, 1.54) is 4.52 Å². The molecule has 4 rings (SSSR count). The third kappa shape index (κ3) is 4.55. The summed E-state index contributed by atoms with van der Waals surface area (Å²) >= 11 is 0. The Morgan fingerprint density at radius 3 is 2.68 bits per heavy atom. The Balaban J connectivity index is 1.44. The molecule has 2 aromatic heterocycles. The smallest absolute Gasteiger partial charge is 0.272 e. The molecule has 31 heavy (non-hydrogen) atoms. The van der Waals surface area contributed by atoms with Gasteiger partial charge in [-0.25, -0.2) is 17.9 Å². The van der Waals surface area contributed by atoms with Gasteiger partial charge >= 0.3 is 0 Å². The third-order valence-corrected chi connectivity index (χ3v) is 8.20. The number of hydrogen-bond donors (Lipinski definition) is 1. The topological polar surface area (TPSA) is 108 Å². The van der Waals surface area contributed by atoms with Crippen LogP contribution in [0.15, 0.2) is 16.9 Å². The lowest BCUT2D eigenvalue weighted by Gasteiger charge is -2.25. The van der Waals surface area contributed by atoms with E-state index in [1.807, 2.05) is 18.0 Å².